The number of ether oxygens (including phenoxy) is 1. The summed E-state index contributed by atoms with van der Waals surface area (Å²) in [6.45, 7) is 3.68. The van der Waals surface area contributed by atoms with Crippen molar-refractivity contribution in [2.24, 2.45) is 11.7 Å². The van der Waals surface area contributed by atoms with Crippen LogP contribution in [0.15, 0.2) is 24.3 Å². The Morgan fingerprint density at radius 3 is 2.24 bits per heavy atom. The van der Waals surface area contributed by atoms with Gasteiger partial charge in [0.15, 0.2) is 0 Å². The van der Waals surface area contributed by atoms with Crippen molar-refractivity contribution in [3.8, 4) is 5.75 Å². The topological polar surface area (TPSA) is 55.6 Å². The standard InChI is InChI=1S/C13H20N2O2/c1-9(10(2)14)13(16)15(3)11-5-7-12(17-4)8-6-11/h5-10H,14H2,1-4H3. The van der Waals surface area contributed by atoms with Crippen LogP contribution < -0.4 is 15.4 Å². The van der Waals surface area contributed by atoms with Gasteiger partial charge in [0.25, 0.3) is 0 Å². The van der Waals surface area contributed by atoms with Crippen LogP contribution in [-0.2, 0) is 4.79 Å². The van der Waals surface area contributed by atoms with Crippen LogP contribution >= 0.6 is 0 Å². The summed E-state index contributed by atoms with van der Waals surface area (Å²) >= 11 is 0. The van der Waals surface area contributed by atoms with Gasteiger partial charge in [-0.05, 0) is 31.2 Å². The van der Waals surface area contributed by atoms with Crippen molar-refractivity contribution in [3.05, 3.63) is 24.3 Å². The van der Waals surface area contributed by atoms with Gasteiger partial charge in [-0.2, -0.15) is 0 Å². The smallest absolute Gasteiger partial charge is 0.231 e. The Morgan fingerprint density at radius 1 is 1.29 bits per heavy atom. The number of rotatable bonds is 4. The molecule has 0 aliphatic carbocycles. The summed E-state index contributed by atoms with van der Waals surface area (Å²) in [4.78, 5) is 13.7. The lowest BCUT2D eigenvalue weighted by atomic mass is 10.0. The molecular weight excluding hydrogens is 216 g/mol. The molecule has 2 unspecified atom stereocenters. The van der Waals surface area contributed by atoms with E-state index in [1.165, 1.54) is 0 Å². The quantitative estimate of drug-likeness (QED) is 0.864. The third-order valence-electron chi connectivity index (χ3n) is 2.97. The van der Waals surface area contributed by atoms with Crippen molar-refractivity contribution in [1.29, 1.82) is 0 Å². The second-order valence-corrected chi connectivity index (χ2v) is 4.24. The maximum Gasteiger partial charge on any atom is 0.231 e. The van der Waals surface area contributed by atoms with E-state index in [-0.39, 0.29) is 17.9 Å². The van der Waals surface area contributed by atoms with Gasteiger partial charge in [0.1, 0.15) is 5.75 Å². The van der Waals surface area contributed by atoms with E-state index in [1.54, 1.807) is 19.1 Å². The molecule has 1 rings (SSSR count). The number of anilines is 1. The molecule has 4 heteroatoms. The molecule has 4 nitrogen and oxygen atoms in total. The van der Waals surface area contributed by atoms with Crippen molar-refractivity contribution < 1.29 is 9.53 Å². The average Bonchev–Trinajstić information content (AvgIpc) is 2.36. The molecular formula is C13H20N2O2. The zero-order valence-corrected chi connectivity index (χ0v) is 10.8. The molecule has 0 radical (unpaired) electrons. The number of hydrogen-bond donors (Lipinski definition) is 1. The van der Waals surface area contributed by atoms with Crippen LogP contribution in [-0.4, -0.2) is 26.1 Å². The fraction of sp³-hybridized carbons (Fsp3) is 0.462. The highest BCUT2D eigenvalue weighted by atomic mass is 16.5. The second kappa shape index (κ2) is 5.68. The molecule has 1 aromatic carbocycles. The number of nitrogens with two attached hydrogens (primary N) is 1. The first-order valence-electron chi connectivity index (χ1n) is 5.64. The van der Waals surface area contributed by atoms with E-state index < -0.39 is 0 Å². The first-order chi connectivity index (χ1) is 7.97. The Hall–Kier alpha value is -1.55. The Bertz CT molecular complexity index is 374. The van der Waals surface area contributed by atoms with E-state index in [0.717, 1.165) is 11.4 Å². The van der Waals surface area contributed by atoms with Crippen molar-refractivity contribution in [3.63, 3.8) is 0 Å². The first-order valence-corrected chi connectivity index (χ1v) is 5.64. The van der Waals surface area contributed by atoms with Crippen molar-refractivity contribution in [2.75, 3.05) is 19.1 Å². The molecule has 17 heavy (non-hydrogen) atoms. The minimum absolute atomic E-state index is 0.0187. The molecule has 0 heterocycles. The molecule has 1 amide bonds. The highest BCUT2D eigenvalue weighted by Crippen LogP contribution is 2.20. The third-order valence-corrected chi connectivity index (χ3v) is 2.97. The first kappa shape index (κ1) is 13.5. The van der Waals surface area contributed by atoms with Gasteiger partial charge < -0.3 is 15.4 Å². The maximum absolute atomic E-state index is 12.1. The number of hydrogen-bond acceptors (Lipinski definition) is 3. The normalized spacial score (nSPS) is 13.9. The molecule has 0 saturated carbocycles. The van der Waals surface area contributed by atoms with Crippen LogP contribution in [0.3, 0.4) is 0 Å². The van der Waals surface area contributed by atoms with Crippen LogP contribution in [0.1, 0.15) is 13.8 Å². The summed E-state index contributed by atoms with van der Waals surface area (Å²) in [5.74, 6) is 0.599. The predicted molar refractivity (Wildman–Crippen MR) is 69.2 cm³/mol. The number of carbonyl (C=O) groups excluding carboxylic acids is 1. The lowest BCUT2D eigenvalue weighted by Gasteiger charge is -2.23. The molecule has 0 aliphatic rings. The van der Waals surface area contributed by atoms with E-state index in [0.29, 0.717) is 0 Å². The van der Waals surface area contributed by atoms with Gasteiger partial charge >= 0.3 is 0 Å². The van der Waals surface area contributed by atoms with Gasteiger partial charge in [-0.1, -0.05) is 6.92 Å². The average molecular weight is 236 g/mol. The number of benzene rings is 1. The molecule has 0 saturated heterocycles. The molecule has 94 valence electrons. The van der Waals surface area contributed by atoms with Crippen LogP contribution in [0, 0.1) is 5.92 Å². The lowest BCUT2D eigenvalue weighted by molar-refractivity contribution is -0.122. The molecule has 2 atom stereocenters. The summed E-state index contributed by atoms with van der Waals surface area (Å²) < 4.78 is 5.07. The SMILES string of the molecule is COc1ccc(N(C)C(=O)C(C)C(C)N)cc1. The zero-order chi connectivity index (χ0) is 13.0. The Morgan fingerprint density at radius 2 is 1.82 bits per heavy atom. The monoisotopic (exact) mass is 236 g/mol. The van der Waals surface area contributed by atoms with Gasteiger partial charge in [-0.25, -0.2) is 0 Å². The Labute approximate surface area is 102 Å². The number of nitrogens with zero attached hydrogens (tertiary/aromatic N) is 1. The Kier molecular flexibility index (Phi) is 4.52. The molecule has 0 aliphatic heterocycles. The highest BCUT2D eigenvalue weighted by molar-refractivity contribution is 5.94. The fourth-order valence-corrected chi connectivity index (χ4v) is 1.46. The largest absolute Gasteiger partial charge is 0.497 e. The minimum Gasteiger partial charge on any atom is -0.497 e. The third kappa shape index (κ3) is 3.20. The molecule has 1 aromatic rings. The number of amides is 1. The maximum atomic E-state index is 12.1. The van der Waals surface area contributed by atoms with Gasteiger partial charge in [0.05, 0.1) is 13.0 Å². The van der Waals surface area contributed by atoms with E-state index in [2.05, 4.69) is 0 Å². The lowest BCUT2D eigenvalue weighted by Crippen LogP contribution is -2.39. The molecule has 0 bridgehead atoms. The predicted octanol–water partition coefficient (Wildman–Crippen LogP) is 1.64. The summed E-state index contributed by atoms with van der Waals surface area (Å²) in [5, 5.41) is 0. The second-order valence-electron chi connectivity index (χ2n) is 4.24. The molecule has 0 aromatic heterocycles. The van der Waals surface area contributed by atoms with Gasteiger partial charge in [0.2, 0.25) is 5.91 Å². The van der Waals surface area contributed by atoms with Crippen LogP contribution in [0.5, 0.6) is 5.75 Å². The van der Waals surface area contributed by atoms with Crippen LogP contribution in [0.25, 0.3) is 0 Å². The fourth-order valence-electron chi connectivity index (χ4n) is 1.46. The summed E-state index contributed by atoms with van der Waals surface area (Å²) in [6.07, 6.45) is 0. The zero-order valence-electron chi connectivity index (χ0n) is 10.8. The highest BCUT2D eigenvalue weighted by Gasteiger charge is 2.21. The summed E-state index contributed by atoms with van der Waals surface area (Å²) in [7, 11) is 3.37. The van der Waals surface area contributed by atoms with Crippen LogP contribution in [0.2, 0.25) is 0 Å². The van der Waals surface area contributed by atoms with E-state index in [9.17, 15) is 4.79 Å². The number of carbonyl (C=O) groups is 1. The van der Waals surface area contributed by atoms with Crippen molar-refractivity contribution in [2.45, 2.75) is 19.9 Å². The van der Waals surface area contributed by atoms with E-state index in [1.807, 2.05) is 38.1 Å². The van der Waals surface area contributed by atoms with Gasteiger partial charge in [-0.15, -0.1) is 0 Å². The van der Waals surface area contributed by atoms with E-state index in [4.69, 9.17) is 10.5 Å². The minimum atomic E-state index is -0.192. The van der Waals surface area contributed by atoms with Gasteiger partial charge in [0, 0.05) is 18.8 Å². The molecule has 0 spiro atoms. The summed E-state index contributed by atoms with van der Waals surface area (Å²) in [5.41, 5.74) is 6.57. The van der Waals surface area contributed by atoms with Crippen LogP contribution in [0.4, 0.5) is 5.69 Å². The molecule has 0 fully saturated rings. The van der Waals surface area contributed by atoms with E-state index >= 15 is 0 Å². The summed E-state index contributed by atoms with van der Waals surface area (Å²) in [6, 6.07) is 7.21. The van der Waals surface area contributed by atoms with Crippen molar-refractivity contribution in [1.82, 2.24) is 0 Å². The molecule has 2 N–H and O–H groups in total. The number of methoxy groups -OCH3 is 1. The van der Waals surface area contributed by atoms with Crippen molar-refractivity contribution >= 4 is 11.6 Å². The van der Waals surface area contributed by atoms with Gasteiger partial charge in [-0.3, -0.25) is 4.79 Å². The Balaban J connectivity index is 2.81.